The minimum atomic E-state index is 0.204. The Kier molecular flexibility index (Phi) is 4.64. The first-order valence-electron chi connectivity index (χ1n) is 7.62. The van der Waals surface area contributed by atoms with Gasteiger partial charge in [-0.1, -0.05) is 36.8 Å². The minimum absolute atomic E-state index is 0.204. The molecule has 1 atom stereocenters. The Morgan fingerprint density at radius 3 is 2.53 bits per heavy atom. The number of aryl methyl sites for hydroxylation is 1. The molecule has 0 saturated carbocycles. The predicted octanol–water partition coefficient (Wildman–Crippen LogP) is 3.09. The molecule has 0 amide bonds. The van der Waals surface area contributed by atoms with Crippen molar-refractivity contribution in [1.82, 2.24) is 4.90 Å². The third-order valence-corrected chi connectivity index (χ3v) is 4.99. The number of nitrogens with two attached hydrogens (primary N) is 1. The number of rotatable bonds is 4. The molecule has 2 nitrogen and oxygen atoms in total. The summed E-state index contributed by atoms with van der Waals surface area (Å²) in [6.45, 7) is 9.91. The average Bonchev–Trinajstić information content (AvgIpc) is 2.46. The van der Waals surface area contributed by atoms with Crippen LogP contribution in [0.2, 0.25) is 0 Å². The van der Waals surface area contributed by atoms with Crippen LogP contribution in [0.3, 0.4) is 0 Å². The molecule has 1 aliphatic heterocycles. The largest absolute Gasteiger partial charge is 0.330 e. The second-order valence-electron chi connectivity index (χ2n) is 6.15. The van der Waals surface area contributed by atoms with Gasteiger partial charge in [-0.2, -0.15) is 0 Å². The van der Waals surface area contributed by atoms with E-state index >= 15 is 0 Å². The number of likely N-dealkylation sites (tertiary alicyclic amines) is 1. The SMILES string of the molecule is CCC(C)N1CCC(CN)(c2cccc(C)c2)CC1. The molecule has 1 fully saturated rings. The molecule has 2 N–H and O–H groups in total. The van der Waals surface area contributed by atoms with Crippen LogP contribution in [0.15, 0.2) is 24.3 Å². The number of benzene rings is 1. The van der Waals surface area contributed by atoms with Crippen molar-refractivity contribution in [3.63, 3.8) is 0 Å². The Labute approximate surface area is 118 Å². The van der Waals surface area contributed by atoms with Crippen molar-refractivity contribution in [1.29, 1.82) is 0 Å². The summed E-state index contributed by atoms with van der Waals surface area (Å²) in [6, 6.07) is 9.63. The first-order valence-corrected chi connectivity index (χ1v) is 7.62. The lowest BCUT2D eigenvalue weighted by atomic mass is 9.72. The van der Waals surface area contributed by atoms with Crippen LogP contribution in [-0.4, -0.2) is 30.6 Å². The van der Waals surface area contributed by atoms with Crippen LogP contribution in [0.5, 0.6) is 0 Å². The first kappa shape index (κ1) is 14.5. The molecule has 2 rings (SSSR count). The fraction of sp³-hybridized carbons (Fsp3) is 0.647. The highest BCUT2D eigenvalue weighted by atomic mass is 15.2. The van der Waals surface area contributed by atoms with Gasteiger partial charge in [-0.25, -0.2) is 0 Å². The van der Waals surface area contributed by atoms with Crippen LogP contribution in [0, 0.1) is 6.92 Å². The molecule has 0 bridgehead atoms. The van der Waals surface area contributed by atoms with Gasteiger partial charge in [0, 0.05) is 18.0 Å². The lowest BCUT2D eigenvalue weighted by Gasteiger charge is -2.43. The molecule has 0 aromatic heterocycles. The van der Waals surface area contributed by atoms with E-state index in [-0.39, 0.29) is 5.41 Å². The fourth-order valence-electron chi connectivity index (χ4n) is 3.24. The molecule has 0 spiro atoms. The maximum atomic E-state index is 6.16. The van der Waals surface area contributed by atoms with E-state index in [1.807, 2.05) is 0 Å². The van der Waals surface area contributed by atoms with E-state index in [1.165, 1.54) is 43.5 Å². The summed E-state index contributed by atoms with van der Waals surface area (Å²) in [7, 11) is 0. The van der Waals surface area contributed by atoms with E-state index in [2.05, 4.69) is 49.9 Å². The highest BCUT2D eigenvalue weighted by Gasteiger charge is 2.35. The molecule has 1 aromatic rings. The van der Waals surface area contributed by atoms with E-state index in [4.69, 9.17) is 5.73 Å². The summed E-state index contributed by atoms with van der Waals surface area (Å²) in [4.78, 5) is 2.61. The van der Waals surface area contributed by atoms with Crippen molar-refractivity contribution < 1.29 is 0 Å². The topological polar surface area (TPSA) is 29.3 Å². The minimum Gasteiger partial charge on any atom is -0.330 e. The van der Waals surface area contributed by atoms with Crippen LogP contribution in [0.25, 0.3) is 0 Å². The lowest BCUT2D eigenvalue weighted by molar-refractivity contribution is 0.122. The van der Waals surface area contributed by atoms with Crippen LogP contribution >= 0.6 is 0 Å². The molecule has 1 aliphatic rings. The summed E-state index contributed by atoms with van der Waals surface area (Å²) in [5.41, 5.74) is 9.15. The van der Waals surface area contributed by atoms with E-state index in [1.54, 1.807) is 0 Å². The van der Waals surface area contributed by atoms with Crippen LogP contribution in [0.1, 0.15) is 44.2 Å². The van der Waals surface area contributed by atoms with Gasteiger partial charge in [-0.15, -0.1) is 0 Å². The smallest absolute Gasteiger partial charge is 0.00999 e. The van der Waals surface area contributed by atoms with Crippen molar-refractivity contribution in [3.8, 4) is 0 Å². The second-order valence-corrected chi connectivity index (χ2v) is 6.15. The molecule has 2 heteroatoms. The van der Waals surface area contributed by atoms with Crippen LogP contribution < -0.4 is 5.73 Å². The van der Waals surface area contributed by atoms with Gasteiger partial charge in [0.15, 0.2) is 0 Å². The molecular weight excluding hydrogens is 232 g/mol. The van der Waals surface area contributed by atoms with Crippen LogP contribution in [0.4, 0.5) is 0 Å². The second kappa shape index (κ2) is 6.06. The van der Waals surface area contributed by atoms with E-state index in [0.717, 1.165) is 6.54 Å². The lowest BCUT2D eigenvalue weighted by Crippen LogP contribution is -2.49. The molecule has 0 aliphatic carbocycles. The Morgan fingerprint density at radius 1 is 1.32 bits per heavy atom. The van der Waals surface area contributed by atoms with E-state index in [9.17, 15) is 0 Å². The number of piperidine rings is 1. The van der Waals surface area contributed by atoms with Gasteiger partial charge < -0.3 is 10.6 Å². The zero-order valence-corrected chi connectivity index (χ0v) is 12.7. The van der Waals surface area contributed by atoms with Gasteiger partial charge in [0.25, 0.3) is 0 Å². The maximum absolute atomic E-state index is 6.16. The number of hydrogen-bond donors (Lipinski definition) is 1. The fourth-order valence-corrected chi connectivity index (χ4v) is 3.24. The monoisotopic (exact) mass is 260 g/mol. The molecule has 0 radical (unpaired) electrons. The summed E-state index contributed by atoms with van der Waals surface area (Å²) in [5.74, 6) is 0. The average molecular weight is 260 g/mol. The Bertz CT molecular complexity index is 405. The zero-order valence-electron chi connectivity index (χ0n) is 12.7. The number of nitrogens with zero attached hydrogens (tertiary/aromatic N) is 1. The van der Waals surface area contributed by atoms with Gasteiger partial charge in [0.1, 0.15) is 0 Å². The maximum Gasteiger partial charge on any atom is 0.00999 e. The number of hydrogen-bond acceptors (Lipinski definition) is 2. The molecule has 1 heterocycles. The highest BCUT2D eigenvalue weighted by molar-refractivity contribution is 5.31. The molecular formula is C17H28N2. The zero-order chi connectivity index (χ0) is 13.9. The third-order valence-electron chi connectivity index (χ3n) is 4.99. The quantitative estimate of drug-likeness (QED) is 0.901. The molecule has 1 unspecified atom stereocenters. The summed E-state index contributed by atoms with van der Waals surface area (Å²) in [5, 5.41) is 0. The third kappa shape index (κ3) is 3.01. The van der Waals surface area contributed by atoms with Gasteiger partial charge in [0.05, 0.1) is 0 Å². The highest BCUT2D eigenvalue weighted by Crippen LogP contribution is 2.35. The molecule has 1 aromatic carbocycles. The standard InChI is InChI=1S/C17H28N2/c1-4-15(3)19-10-8-17(13-18,9-11-19)16-7-5-6-14(2)12-16/h5-7,12,15H,4,8-11,13,18H2,1-3H3. The summed E-state index contributed by atoms with van der Waals surface area (Å²) in [6.07, 6.45) is 3.62. The van der Waals surface area contributed by atoms with Crippen molar-refractivity contribution in [3.05, 3.63) is 35.4 Å². The van der Waals surface area contributed by atoms with Crippen molar-refractivity contribution in [2.45, 2.75) is 51.5 Å². The van der Waals surface area contributed by atoms with E-state index < -0.39 is 0 Å². The van der Waals surface area contributed by atoms with Gasteiger partial charge in [0.2, 0.25) is 0 Å². The molecule has 106 valence electrons. The predicted molar refractivity (Wildman–Crippen MR) is 82.5 cm³/mol. The summed E-state index contributed by atoms with van der Waals surface area (Å²) < 4.78 is 0. The van der Waals surface area contributed by atoms with E-state index in [0.29, 0.717) is 6.04 Å². The summed E-state index contributed by atoms with van der Waals surface area (Å²) >= 11 is 0. The van der Waals surface area contributed by atoms with Crippen molar-refractivity contribution >= 4 is 0 Å². The first-order chi connectivity index (χ1) is 9.11. The van der Waals surface area contributed by atoms with Crippen molar-refractivity contribution in [2.75, 3.05) is 19.6 Å². The van der Waals surface area contributed by atoms with Gasteiger partial charge >= 0.3 is 0 Å². The molecule has 1 saturated heterocycles. The van der Waals surface area contributed by atoms with Gasteiger partial charge in [-0.3, -0.25) is 0 Å². The Morgan fingerprint density at radius 2 is 2.00 bits per heavy atom. The molecule has 19 heavy (non-hydrogen) atoms. The normalized spacial score (nSPS) is 21.3. The Hall–Kier alpha value is -0.860. The van der Waals surface area contributed by atoms with Crippen molar-refractivity contribution in [2.24, 2.45) is 5.73 Å². The van der Waals surface area contributed by atoms with Crippen LogP contribution in [-0.2, 0) is 5.41 Å². The Balaban J connectivity index is 2.14. The van der Waals surface area contributed by atoms with Gasteiger partial charge in [-0.05, 0) is 51.8 Å².